The van der Waals surface area contributed by atoms with Gasteiger partial charge in [-0.2, -0.15) is 0 Å². The van der Waals surface area contributed by atoms with E-state index in [0.29, 0.717) is 12.5 Å². The molecule has 1 aromatic heterocycles. The molecule has 1 fully saturated rings. The fraction of sp³-hybridized carbons (Fsp3) is 0.583. The Labute approximate surface area is 101 Å². The molecule has 5 nitrogen and oxygen atoms in total. The molecule has 0 radical (unpaired) electrons. The van der Waals surface area contributed by atoms with E-state index in [1.165, 1.54) is 0 Å². The molecule has 5 heteroatoms. The van der Waals surface area contributed by atoms with E-state index in [1.807, 2.05) is 13.0 Å². The summed E-state index contributed by atoms with van der Waals surface area (Å²) in [5.74, 6) is 1.19. The first-order chi connectivity index (χ1) is 8.16. The van der Waals surface area contributed by atoms with Crippen molar-refractivity contribution in [3.8, 4) is 0 Å². The van der Waals surface area contributed by atoms with E-state index in [-0.39, 0.29) is 11.9 Å². The van der Waals surface area contributed by atoms with Gasteiger partial charge in [-0.1, -0.05) is 6.92 Å². The monoisotopic (exact) mass is 234 g/mol. The average Bonchev–Trinajstić information content (AvgIpc) is 2.72. The Bertz CT molecular complexity index is 407. The standard InChI is InChI=1S/C12H18N4O/c1-8-3-5-14-11(8)12(17)15-7-10-4-6-13-9(2)16-10/h4,6,8,11,14H,3,5,7H2,1-2H3,(H,15,17). The smallest absolute Gasteiger partial charge is 0.237 e. The molecule has 0 aliphatic carbocycles. The second kappa shape index (κ2) is 5.23. The van der Waals surface area contributed by atoms with Crippen molar-refractivity contribution in [3.63, 3.8) is 0 Å². The number of carbonyl (C=O) groups excluding carboxylic acids is 1. The number of aryl methyl sites for hydroxylation is 1. The second-order valence-electron chi connectivity index (χ2n) is 4.51. The lowest BCUT2D eigenvalue weighted by Gasteiger charge is -2.15. The van der Waals surface area contributed by atoms with Gasteiger partial charge in [-0.3, -0.25) is 4.79 Å². The van der Waals surface area contributed by atoms with E-state index in [9.17, 15) is 4.79 Å². The predicted molar refractivity (Wildman–Crippen MR) is 64.2 cm³/mol. The summed E-state index contributed by atoms with van der Waals surface area (Å²) in [7, 11) is 0. The van der Waals surface area contributed by atoms with Crippen molar-refractivity contribution >= 4 is 5.91 Å². The van der Waals surface area contributed by atoms with Crippen molar-refractivity contribution in [2.45, 2.75) is 32.9 Å². The van der Waals surface area contributed by atoms with Crippen LogP contribution in [0.2, 0.25) is 0 Å². The van der Waals surface area contributed by atoms with Crippen LogP contribution in [0.5, 0.6) is 0 Å². The van der Waals surface area contributed by atoms with Gasteiger partial charge in [0.2, 0.25) is 5.91 Å². The number of hydrogen-bond acceptors (Lipinski definition) is 4. The van der Waals surface area contributed by atoms with Crippen LogP contribution in [0.3, 0.4) is 0 Å². The number of amides is 1. The van der Waals surface area contributed by atoms with E-state index in [4.69, 9.17) is 0 Å². The van der Waals surface area contributed by atoms with E-state index >= 15 is 0 Å². The number of nitrogens with one attached hydrogen (secondary N) is 2. The van der Waals surface area contributed by atoms with Crippen LogP contribution in [0.4, 0.5) is 0 Å². The maximum atomic E-state index is 11.9. The molecule has 2 N–H and O–H groups in total. The lowest BCUT2D eigenvalue weighted by molar-refractivity contribution is -0.123. The van der Waals surface area contributed by atoms with E-state index in [2.05, 4.69) is 27.5 Å². The van der Waals surface area contributed by atoms with Gasteiger partial charge < -0.3 is 10.6 Å². The van der Waals surface area contributed by atoms with Crippen molar-refractivity contribution < 1.29 is 4.79 Å². The maximum absolute atomic E-state index is 11.9. The van der Waals surface area contributed by atoms with Crippen LogP contribution in [0.25, 0.3) is 0 Å². The van der Waals surface area contributed by atoms with Crippen molar-refractivity contribution in [1.29, 1.82) is 0 Å². The quantitative estimate of drug-likeness (QED) is 0.794. The van der Waals surface area contributed by atoms with Crippen LogP contribution in [0.15, 0.2) is 12.3 Å². The van der Waals surface area contributed by atoms with Gasteiger partial charge >= 0.3 is 0 Å². The molecule has 2 heterocycles. The number of nitrogens with zero attached hydrogens (tertiary/aromatic N) is 2. The lowest BCUT2D eigenvalue weighted by Crippen LogP contribution is -2.43. The fourth-order valence-electron chi connectivity index (χ4n) is 2.08. The Morgan fingerprint density at radius 2 is 2.47 bits per heavy atom. The highest BCUT2D eigenvalue weighted by Gasteiger charge is 2.28. The Morgan fingerprint density at radius 1 is 1.65 bits per heavy atom. The Hall–Kier alpha value is -1.49. The lowest BCUT2D eigenvalue weighted by atomic mass is 10.0. The summed E-state index contributed by atoms with van der Waals surface area (Å²) in [6.45, 7) is 5.32. The largest absolute Gasteiger partial charge is 0.349 e. The molecule has 17 heavy (non-hydrogen) atoms. The Balaban J connectivity index is 1.88. The molecule has 1 aliphatic rings. The summed E-state index contributed by atoms with van der Waals surface area (Å²) in [6.07, 6.45) is 2.77. The minimum atomic E-state index is -0.0575. The third kappa shape index (κ3) is 3.00. The van der Waals surface area contributed by atoms with E-state index in [0.717, 1.165) is 24.5 Å². The van der Waals surface area contributed by atoms with Crippen molar-refractivity contribution in [3.05, 3.63) is 23.8 Å². The van der Waals surface area contributed by atoms with Crippen LogP contribution in [-0.2, 0) is 11.3 Å². The normalized spacial score (nSPS) is 23.6. The zero-order valence-electron chi connectivity index (χ0n) is 10.2. The summed E-state index contributed by atoms with van der Waals surface area (Å²) in [4.78, 5) is 20.2. The highest BCUT2D eigenvalue weighted by Crippen LogP contribution is 2.14. The van der Waals surface area contributed by atoms with Gasteiger partial charge in [-0.15, -0.1) is 0 Å². The zero-order valence-corrected chi connectivity index (χ0v) is 10.2. The molecule has 2 unspecified atom stereocenters. The molecule has 1 amide bonds. The topological polar surface area (TPSA) is 66.9 Å². The third-order valence-corrected chi connectivity index (χ3v) is 3.09. The van der Waals surface area contributed by atoms with Gasteiger partial charge in [0.05, 0.1) is 18.3 Å². The fourth-order valence-corrected chi connectivity index (χ4v) is 2.08. The molecule has 2 atom stereocenters. The number of aromatic nitrogens is 2. The first-order valence-corrected chi connectivity index (χ1v) is 5.96. The van der Waals surface area contributed by atoms with E-state index in [1.54, 1.807) is 6.20 Å². The summed E-state index contributed by atoms with van der Waals surface area (Å²) in [5, 5.41) is 6.12. The maximum Gasteiger partial charge on any atom is 0.237 e. The van der Waals surface area contributed by atoms with Crippen LogP contribution in [0, 0.1) is 12.8 Å². The highest BCUT2D eigenvalue weighted by molar-refractivity contribution is 5.82. The minimum absolute atomic E-state index is 0.0575. The van der Waals surface area contributed by atoms with Crippen molar-refractivity contribution in [1.82, 2.24) is 20.6 Å². The molecule has 2 rings (SSSR count). The van der Waals surface area contributed by atoms with Crippen LogP contribution in [0.1, 0.15) is 24.9 Å². The molecule has 1 saturated heterocycles. The SMILES string of the molecule is Cc1nccc(CNC(=O)C2NCCC2C)n1. The summed E-state index contributed by atoms with van der Waals surface area (Å²) in [6, 6.07) is 1.76. The van der Waals surface area contributed by atoms with E-state index < -0.39 is 0 Å². The first kappa shape index (κ1) is 12.0. The Kier molecular flexibility index (Phi) is 3.68. The highest BCUT2D eigenvalue weighted by atomic mass is 16.2. The minimum Gasteiger partial charge on any atom is -0.349 e. The second-order valence-corrected chi connectivity index (χ2v) is 4.51. The molecule has 0 spiro atoms. The van der Waals surface area contributed by atoms with Gasteiger partial charge in [-0.05, 0) is 31.9 Å². The first-order valence-electron chi connectivity index (χ1n) is 5.96. The van der Waals surface area contributed by atoms with Gasteiger partial charge in [0.15, 0.2) is 0 Å². The molecule has 1 aromatic rings. The zero-order chi connectivity index (χ0) is 12.3. The van der Waals surface area contributed by atoms with Crippen LogP contribution >= 0.6 is 0 Å². The molecular formula is C12H18N4O. The molecule has 1 aliphatic heterocycles. The van der Waals surface area contributed by atoms with Gasteiger partial charge in [0, 0.05) is 6.20 Å². The Morgan fingerprint density at radius 3 is 3.12 bits per heavy atom. The molecular weight excluding hydrogens is 216 g/mol. The summed E-state index contributed by atoms with van der Waals surface area (Å²) >= 11 is 0. The number of rotatable bonds is 3. The van der Waals surface area contributed by atoms with Gasteiger partial charge in [0.1, 0.15) is 5.82 Å². The van der Waals surface area contributed by atoms with Crippen LogP contribution < -0.4 is 10.6 Å². The average molecular weight is 234 g/mol. The van der Waals surface area contributed by atoms with Crippen molar-refractivity contribution in [2.75, 3.05) is 6.54 Å². The van der Waals surface area contributed by atoms with Crippen molar-refractivity contribution in [2.24, 2.45) is 5.92 Å². The molecule has 0 bridgehead atoms. The molecule has 0 aromatic carbocycles. The molecule has 92 valence electrons. The molecule has 0 saturated carbocycles. The van der Waals surface area contributed by atoms with Gasteiger partial charge in [0.25, 0.3) is 0 Å². The van der Waals surface area contributed by atoms with Gasteiger partial charge in [-0.25, -0.2) is 9.97 Å². The van der Waals surface area contributed by atoms with Crippen LogP contribution in [-0.4, -0.2) is 28.5 Å². The summed E-state index contributed by atoms with van der Waals surface area (Å²) in [5.41, 5.74) is 0.844. The predicted octanol–water partition coefficient (Wildman–Crippen LogP) is 0.399. The number of carbonyl (C=O) groups is 1. The summed E-state index contributed by atoms with van der Waals surface area (Å²) < 4.78 is 0. The number of hydrogen-bond donors (Lipinski definition) is 2. The third-order valence-electron chi connectivity index (χ3n) is 3.09.